The van der Waals surface area contributed by atoms with Gasteiger partial charge in [-0.15, -0.1) is 0 Å². The van der Waals surface area contributed by atoms with Crippen molar-refractivity contribution in [2.75, 3.05) is 25.3 Å². The van der Waals surface area contributed by atoms with Crippen molar-refractivity contribution in [1.82, 2.24) is 19.9 Å². The van der Waals surface area contributed by atoms with E-state index in [0.29, 0.717) is 22.3 Å². The summed E-state index contributed by atoms with van der Waals surface area (Å²) in [5, 5.41) is 3.47. The third kappa shape index (κ3) is 7.66. The van der Waals surface area contributed by atoms with Crippen molar-refractivity contribution in [3.63, 3.8) is 0 Å². The molecule has 0 radical (unpaired) electrons. The molecular formula is C27H33N5O4S. The minimum Gasteiger partial charge on any atom is -0.497 e. The Bertz CT molecular complexity index is 1200. The summed E-state index contributed by atoms with van der Waals surface area (Å²) in [5.74, 6) is 0.464. The molecule has 9 nitrogen and oxygen atoms in total. The predicted octanol–water partition coefficient (Wildman–Crippen LogP) is 4.29. The molecule has 196 valence electrons. The van der Waals surface area contributed by atoms with Gasteiger partial charge in [0.2, 0.25) is 11.8 Å². The molecule has 1 N–H and O–H groups in total. The van der Waals surface area contributed by atoms with Crippen LogP contribution in [-0.2, 0) is 16.1 Å². The van der Waals surface area contributed by atoms with E-state index in [0.717, 1.165) is 17.0 Å². The zero-order valence-corrected chi connectivity index (χ0v) is 22.8. The molecular weight excluding hydrogens is 490 g/mol. The zero-order chi connectivity index (χ0) is 26.9. The van der Waals surface area contributed by atoms with Gasteiger partial charge in [0, 0.05) is 36.4 Å². The van der Waals surface area contributed by atoms with Crippen molar-refractivity contribution in [2.24, 2.45) is 5.92 Å². The number of nitrogens with zero attached hydrogens (tertiary/aromatic N) is 4. The number of anilines is 1. The topological polar surface area (TPSA) is 107 Å². The van der Waals surface area contributed by atoms with Crippen molar-refractivity contribution in [2.45, 2.75) is 45.4 Å². The summed E-state index contributed by atoms with van der Waals surface area (Å²) >= 11 is 1.26. The first-order valence-corrected chi connectivity index (χ1v) is 12.9. The van der Waals surface area contributed by atoms with Gasteiger partial charge in [0.15, 0.2) is 5.16 Å². The number of carbonyl (C=O) groups excluding carboxylic acids is 2. The highest BCUT2D eigenvalue weighted by molar-refractivity contribution is 7.99. The highest BCUT2D eigenvalue weighted by Crippen LogP contribution is 2.30. The Kier molecular flexibility index (Phi) is 9.85. The molecule has 0 aliphatic rings. The van der Waals surface area contributed by atoms with Gasteiger partial charge in [-0.1, -0.05) is 31.7 Å². The molecule has 0 saturated heterocycles. The van der Waals surface area contributed by atoms with E-state index in [1.54, 1.807) is 42.6 Å². The number of rotatable bonds is 11. The average Bonchev–Trinajstić information content (AvgIpc) is 2.87. The fraction of sp³-hybridized carbons (Fsp3) is 0.370. The third-order valence-corrected chi connectivity index (χ3v) is 6.42. The molecule has 37 heavy (non-hydrogen) atoms. The van der Waals surface area contributed by atoms with Crippen LogP contribution in [0.25, 0.3) is 0 Å². The van der Waals surface area contributed by atoms with Gasteiger partial charge in [-0.05, 0) is 49.6 Å². The number of aryl methyl sites for hydroxylation is 2. The van der Waals surface area contributed by atoms with Crippen molar-refractivity contribution >= 4 is 29.3 Å². The van der Waals surface area contributed by atoms with E-state index in [1.807, 2.05) is 45.9 Å². The van der Waals surface area contributed by atoms with Crippen molar-refractivity contribution in [1.29, 1.82) is 0 Å². The number of thioether (sulfide) groups is 1. The van der Waals surface area contributed by atoms with Crippen molar-refractivity contribution in [3.05, 3.63) is 65.7 Å². The lowest BCUT2D eigenvalue weighted by atomic mass is 10.0. The van der Waals surface area contributed by atoms with Gasteiger partial charge in [-0.2, -0.15) is 0 Å². The number of carbonyl (C=O) groups is 2. The first kappa shape index (κ1) is 27.9. The van der Waals surface area contributed by atoms with E-state index >= 15 is 0 Å². The van der Waals surface area contributed by atoms with Crippen LogP contribution in [0.3, 0.4) is 0 Å². The number of pyridine rings is 1. The second-order valence-corrected chi connectivity index (χ2v) is 9.79. The summed E-state index contributed by atoms with van der Waals surface area (Å²) in [6, 6.07) is 9.97. The van der Waals surface area contributed by atoms with Crippen LogP contribution in [0.1, 0.15) is 30.8 Å². The first-order valence-electron chi connectivity index (χ1n) is 11.9. The number of hydrogen-bond donors (Lipinski definition) is 1. The lowest BCUT2D eigenvalue weighted by molar-refractivity contribution is -0.138. The second-order valence-electron chi connectivity index (χ2n) is 8.85. The molecule has 0 bridgehead atoms. The zero-order valence-electron chi connectivity index (χ0n) is 22.0. The molecule has 0 saturated carbocycles. The Balaban J connectivity index is 1.88. The molecule has 1 atom stereocenters. The number of hydrogen-bond acceptors (Lipinski definition) is 8. The largest absolute Gasteiger partial charge is 0.497 e. The first-order chi connectivity index (χ1) is 17.7. The van der Waals surface area contributed by atoms with E-state index in [2.05, 4.69) is 20.3 Å². The van der Waals surface area contributed by atoms with E-state index in [4.69, 9.17) is 9.47 Å². The summed E-state index contributed by atoms with van der Waals surface area (Å²) in [4.78, 5) is 41.9. The lowest BCUT2D eigenvalue weighted by Crippen LogP contribution is -2.50. The maximum atomic E-state index is 13.6. The fourth-order valence-corrected chi connectivity index (χ4v) is 4.75. The summed E-state index contributed by atoms with van der Waals surface area (Å²) in [7, 11) is 3.08. The van der Waals surface area contributed by atoms with Gasteiger partial charge in [-0.25, -0.2) is 9.97 Å². The normalized spacial score (nSPS) is 11.6. The fourth-order valence-electron chi connectivity index (χ4n) is 3.91. The van der Waals surface area contributed by atoms with Crippen LogP contribution in [0.2, 0.25) is 0 Å². The molecule has 0 spiro atoms. The molecule has 2 aromatic heterocycles. The standard InChI is InChI=1S/C27H33N5O4S/c1-17(2)25(26(34)31-22-10-9-21(35-5)13-23(22)36-6)32(15-20-8-7-11-28-14-20)24(33)16-37-27-29-18(3)12-19(4)30-27/h7-14,17,25H,15-16H2,1-6H3,(H,31,34). The maximum absolute atomic E-state index is 13.6. The molecule has 2 amide bonds. The summed E-state index contributed by atoms with van der Waals surface area (Å²) in [5.41, 5.74) is 2.99. The highest BCUT2D eigenvalue weighted by atomic mass is 32.2. The van der Waals surface area contributed by atoms with Gasteiger partial charge in [0.1, 0.15) is 17.5 Å². The Hall–Kier alpha value is -3.66. The van der Waals surface area contributed by atoms with Crippen molar-refractivity contribution < 1.29 is 19.1 Å². The van der Waals surface area contributed by atoms with Crippen molar-refractivity contribution in [3.8, 4) is 11.5 Å². The van der Waals surface area contributed by atoms with Gasteiger partial charge in [0.25, 0.3) is 0 Å². The predicted molar refractivity (Wildman–Crippen MR) is 144 cm³/mol. The van der Waals surface area contributed by atoms with Crippen LogP contribution in [0.5, 0.6) is 11.5 Å². The van der Waals surface area contributed by atoms with Crippen LogP contribution >= 0.6 is 11.8 Å². The Labute approximate surface area is 222 Å². The van der Waals surface area contributed by atoms with Crippen LogP contribution < -0.4 is 14.8 Å². The van der Waals surface area contributed by atoms with Crippen LogP contribution in [0.15, 0.2) is 53.9 Å². The number of benzene rings is 1. The maximum Gasteiger partial charge on any atom is 0.247 e. The van der Waals surface area contributed by atoms with Gasteiger partial charge >= 0.3 is 0 Å². The van der Waals surface area contributed by atoms with Crippen LogP contribution in [0.4, 0.5) is 5.69 Å². The number of aromatic nitrogens is 3. The van der Waals surface area contributed by atoms with Gasteiger partial charge in [-0.3, -0.25) is 14.6 Å². The van der Waals surface area contributed by atoms with Gasteiger partial charge < -0.3 is 19.7 Å². The number of ether oxygens (including phenoxy) is 2. The molecule has 10 heteroatoms. The minimum absolute atomic E-state index is 0.0888. The lowest BCUT2D eigenvalue weighted by Gasteiger charge is -2.33. The summed E-state index contributed by atoms with van der Waals surface area (Å²) in [6.45, 7) is 7.85. The average molecular weight is 524 g/mol. The summed E-state index contributed by atoms with van der Waals surface area (Å²) < 4.78 is 10.7. The number of amides is 2. The van der Waals surface area contributed by atoms with E-state index in [9.17, 15) is 9.59 Å². The quantitative estimate of drug-likeness (QED) is 0.293. The molecule has 0 aliphatic carbocycles. The molecule has 0 fully saturated rings. The smallest absolute Gasteiger partial charge is 0.247 e. The Morgan fingerprint density at radius 1 is 1.05 bits per heavy atom. The molecule has 3 rings (SSSR count). The molecule has 3 aromatic rings. The van der Waals surface area contributed by atoms with E-state index in [1.165, 1.54) is 18.9 Å². The van der Waals surface area contributed by atoms with Crippen LogP contribution in [-0.4, -0.2) is 57.7 Å². The summed E-state index contributed by atoms with van der Waals surface area (Å²) in [6.07, 6.45) is 3.37. The van der Waals surface area contributed by atoms with E-state index < -0.39 is 6.04 Å². The molecule has 2 heterocycles. The third-order valence-electron chi connectivity index (χ3n) is 5.59. The SMILES string of the molecule is COc1ccc(NC(=O)C(C(C)C)N(Cc2cccnc2)C(=O)CSc2nc(C)cc(C)n2)c(OC)c1. The van der Waals surface area contributed by atoms with Crippen LogP contribution in [0, 0.1) is 19.8 Å². The highest BCUT2D eigenvalue weighted by Gasteiger charge is 2.33. The Morgan fingerprint density at radius 3 is 2.38 bits per heavy atom. The number of nitrogens with one attached hydrogen (secondary N) is 1. The minimum atomic E-state index is -0.750. The molecule has 1 unspecified atom stereocenters. The Morgan fingerprint density at radius 2 is 1.78 bits per heavy atom. The molecule has 0 aliphatic heterocycles. The van der Waals surface area contributed by atoms with Gasteiger partial charge in [0.05, 0.1) is 25.7 Å². The van der Waals surface area contributed by atoms with E-state index in [-0.39, 0.29) is 30.0 Å². The second kappa shape index (κ2) is 13.0. The monoisotopic (exact) mass is 523 g/mol. The number of methoxy groups -OCH3 is 2. The molecule has 1 aromatic carbocycles.